The lowest BCUT2D eigenvalue weighted by Gasteiger charge is -2.34. The second kappa shape index (κ2) is 7.17. The molecule has 10 heteroatoms. The monoisotopic (exact) mass is 419 g/mol. The predicted molar refractivity (Wildman–Crippen MR) is 112 cm³/mol. The minimum atomic E-state index is -1.04. The van der Waals surface area contributed by atoms with Gasteiger partial charge < -0.3 is 20.8 Å². The summed E-state index contributed by atoms with van der Waals surface area (Å²) in [6.45, 7) is 0.197. The molecule has 0 bridgehead atoms. The van der Waals surface area contributed by atoms with E-state index in [2.05, 4.69) is 20.3 Å². The van der Waals surface area contributed by atoms with Crippen LogP contribution in [0, 0.1) is 5.21 Å². The molecule has 0 amide bonds. The third kappa shape index (κ3) is 3.21. The maximum absolute atomic E-state index is 12.8. The number of fused-ring (bicyclic) bond motifs is 1. The molecule has 158 valence electrons. The number of nitrogens with two attached hydrogens (primary N) is 1. The normalized spacial score (nSPS) is 15.0. The molecule has 1 fully saturated rings. The lowest BCUT2D eigenvalue weighted by molar-refractivity contribution is -0.633. The summed E-state index contributed by atoms with van der Waals surface area (Å²) in [5.74, 6) is 0.679. The van der Waals surface area contributed by atoms with Crippen LogP contribution in [0.2, 0.25) is 0 Å². The fraction of sp³-hybridized carbons (Fsp3) is 0.286. The van der Waals surface area contributed by atoms with Crippen molar-refractivity contribution >= 4 is 16.9 Å². The molecule has 0 aliphatic heterocycles. The number of hydrogen-bond donors (Lipinski definition) is 2. The smallest absolute Gasteiger partial charge is 0.224 e. The van der Waals surface area contributed by atoms with E-state index in [0.29, 0.717) is 46.9 Å². The molecule has 0 radical (unpaired) electrons. The quantitative estimate of drug-likeness (QED) is 0.367. The maximum Gasteiger partial charge on any atom is 0.224 e. The van der Waals surface area contributed by atoms with Crippen molar-refractivity contribution in [1.29, 1.82) is 0 Å². The van der Waals surface area contributed by atoms with Crippen molar-refractivity contribution in [3.05, 3.63) is 59.2 Å². The third-order valence-electron chi connectivity index (χ3n) is 5.71. The SMILES string of the molecule is COc1cccc2c(-c3cn(Cc4cccc(C5(O)CCC5)[n+]4[O-])nn3)nc(N)nc12. The molecule has 10 nitrogen and oxygen atoms in total. The van der Waals surface area contributed by atoms with Gasteiger partial charge in [0.2, 0.25) is 17.3 Å². The number of anilines is 1. The van der Waals surface area contributed by atoms with Crippen molar-refractivity contribution in [3.8, 4) is 17.1 Å². The van der Waals surface area contributed by atoms with Crippen molar-refractivity contribution in [2.24, 2.45) is 0 Å². The molecular formula is C21H21N7O3. The Morgan fingerprint density at radius 2 is 2.03 bits per heavy atom. The topological polar surface area (TPSA) is 139 Å². The van der Waals surface area contributed by atoms with Crippen LogP contribution in [0.25, 0.3) is 22.3 Å². The largest absolute Gasteiger partial charge is 0.618 e. The average Bonchev–Trinajstić information content (AvgIpc) is 3.21. The van der Waals surface area contributed by atoms with Gasteiger partial charge in [-0.2, -0.15) is 4.73 Å². The second-order valence-corrected chi connectivity index (χ2v) is 7.67. The number of benzene rings is 1. The van der Waals surface area contributed by atoms with Crippen molar-refractivity contribution in [2.75, 3.05) is 12.8 Å². The minimum Gasteiger partial charge on any atom is -0.618 e. The van der Waals surface area contributed by atoms with Gasteiger partial charge in [0.05, 0.1) is 13.3 Å². The first-order chi connectivity index (χ1) is 15.0. The lowest BCUT2D eigenvalue weighted by Crippen LogP contribution is -2.48. The Hall–Kier alpha value is -3.79. The predicted octanol–water partition coefficient (Wildman–Crippen LogP) is 1.53. The summed E-state index contributed by atoms with van der Waals surface area (Å²) in [6.07, 6.45) is 3.80. The number of nitrogen functional groups attached to an aromatic ring is 1. The molecule has 3 N–H and O–H groups in total. The first-order valence-corrected chi connectivity index (χ1v) is 9.93. The maximum atomic E-state index is 12.8. The number of hydrogen-bond acceptors (Lipinski definition) is 8. The molecule has 31 heavy (non-hydrogen) atoms. The van der Waals surface area contributed by atoms with Crippen LogP contribution in [0.5, 0.6) is 5.75 Å². The van der Waals surface area contributed by atoms with Crippen molar-refractivity contribution in [2.45, 2.75) is 31.4 Å². The molecule has 1 aliphatic carbocycles. The van der Waals surface area contributed by atoms with Gasteiger partial charge >= 0.3 is 0 Å². The second-order valence-electron chi connectivity index (χ2n) is 7.67. The highest BCUT2D eigenvalue weighted by Gasteiger charge is 2.43. The van der Waals surface area contributed by atoms with Crippen LogP contribution in [-0.4, -0.2) is 37.2 Å². The number of ether oxygens (including phenoxy) is 1. The summed E-state index contributed by atoms with van der Waals surface area (Å²) < 4.78 is 7.73. The summed E-state index contributed by atoms with van der Waals surface area (Å²) in [5, 5.41) is 32.5. The van der Waals surface area contributed by atoms with Gasteiger partial charge in [-0.05, 0) is 31.4 Å². The highest BCUT2D eigenvalue weighted by atomic mass is 16.5. The Bertz CT molecular complexity index is 1280. The molecule has 3 aromatic heterocycles. The summed E-state index contributed by atoms with van der Waals surface area (Å²) >= 11 is 0. The minimum absolute atomic E-state index is 0.0976. The van der Waals surface area contributed by atoms with E-state index >= 15 is 0 Å². The molecule has 1 saturated carbocycles. The summed E-state index contributed by atoms with van der Waals surface area (Å²) in [5.41, 5.74) is 7.32. The van der Waals surface area contributed by atoms with E-state index in [-0.39, 0.29) is 12.5 Å². The molecule has 4 aromatic rings. The van der Waals surface area contributed by atoms with Crippen LogP contribution in [0.4, 0.5) is 5.95 Å². The zero-order chi connectivity index (χ0) is 21.6. The van der Waals surface area contributed by atoms with E-state index in [1.165, 1.54) is 0 Å². The van der Waals surface area contributed by atoms with Crippen molar-refractivity contribution < 1.29 is 14.6 Å². The molecule has 1 aromatic carbocycles. The first kappa shape index (κ1) is 19.2. The van der Waals surface area contributed by atoms with Crippen LogP contribution in [0.15, 0.2) is 42.6 Å². The van der Waals surface area contributed by atoms with Crippen LogP contribution < -0.4 is 15.2 Å². The highest BCUT2D eigenvalue weighted by Crippen LogP contribution is 2.39. The Morgan fingerprint density at radius 3 is 2.77 bits per heavy atom. The number of rotatable bonds is 5. The van der Waals surface area contributed by atoms with Crippen molar-refractivity contribution in [3.63, 3.8) is 0 Å². The van der Waals surface area contributed by atoms with Gasteiger partial charge in [0.15, 0.2) is 0 Å². The molecule has 1 aliphatic rings. The molecule has 0 spiro atoms. The summed E-state index contributed by atoms with van der Waals surface area (Å²) in [6, 6.07) is 10.7. The van der Waals surface area contributed by atoms with E-state index < -0.39 is 5.60 Å². The van der Waals surface area contributed by atoms with Gasteiger partial charge in [-0.3, -0.25) is 0 Å². The fourth-order valence-corrected chi connectivity index (χ4v) is 3.92. The number of aromatic nitrogens is 6. The van der Waals surface area contributed by atoms with E-state index in [1.54, 1.807) is 42.3 Å². The van der Waals surface area contributed by atoms with Gasteiger partial charge in [-0.1, -0.05) is 17.3 Å². The zero-order valence-electron chi connectivity index (χ0n) is 16.9. The van der Waals surface area contributed by atoms with Crippen LogP contribution in [0.1, 0.15) is 30.7 Å². The zero-order valence-corrected chi connectivity index (χ0v) is 16.9. The number of para-hydroxylation sites is 1. The van der Waals surface area contributed by atoms with E-state index in [9.17, 15) is 10.3 Å². The van der Waals surface area contributed by atoms with Crippen molar-refractivity contribution in [1.82, 2.24) is 25.0 Å². The highest BCUT2D eigenvalue weighted by molar-refractivity contribution is 5.95. The molecule has 0 unspecified atom stereocenters. The van der Waals surface area contributed by atoms with Gasteiger partial charge in [0.25, 0.3) is 0 Å². The molecule has 0 saturated heterocycles. The molecule has 0 atom stereocenters. The number of nitrogens with zero attached hydrogens (tertiary/aromatic N) is 6. The lowest BCUT2D eigenvalue weighted by atomic mass is 9.77. The first-order valence-electron chi connectivity index (χ1n) is 9.93. The molecule has 5 rings (SSSR count). The van der Waals surface area contributed by atoms with Crippen LogP contribution in [0.3, 0.4) is 0 Å². The Morgan fingerprint density at radius 1 is 1.23 bits per heavy atom. The number of pyridine rings is 1. The third-order valence-corrected chi connectivity index (χ3v) is 5.71. The van der Waals surface area contributed by atoms with Crippen LogP contribution in [-0.2, 0) is 12.1 Å². The summed E-state index contributed by atoms with van der Waals surface area (Å²) in [7, 11) is 1.56. The summed E-state index contributed by atoms with van der Waals surface area (Å²) in [4.78, 5) is 8.63. The van der Waals surface area contributed by atoms with Gasteiger partial charge in [0.1, 0.15) is 34.8 Å². The Balaban J connectivity index is 1.50. The number of methoxy groups -OCH3 is 1. The average molecular weight is 419 g/mol. The fourth-order valence-electron chi connectivity index (χ4n) is 3.92. The molecular weight excluding hydrogens is 398 g/mol. The Kier molecular flexibility index (Phi) is 4.44. The van der Waals surface area contributed by atoms with E-state index in [0.717, 1.165) is 16.5 Å². The van der Waals surface area contributed by atoms with E-state index in [1.807, 2.05) is 12.1 Å². The number of aliphatic hydroxyl groups is 1. The molecule has 3 heterocycles. The van der Waals surface area contributed by atoms with E-state index in [4.69, 9.17) is 10.5 Å². The van der Waals surface area contributed by atoms with Gasteiger partial charge in [0, 0.05) is 17.5 Å². The van der Waals surface area contributed by atoms with Gasteiger partial charge in [-0.25, -0.2) is 14.6 Å². The standard InChI is InChI=1S/C21H21N7O3/c1-31-16-7-3-6-14-18(23-20(22)24-19(14)16)15-12-27(26-25-15)11-13-5-2-8-17(28(13)30)21(29)9-4-10-21/h2-3,5-8,12,29H,4,9-11H2,1H3,(H2,22,23,24). The van der Waals surface area contributed by atoms with Crippen LogP contribution >= 0.6 is 0 Å². The van der Waals surface area contributed by atoms with Gasteiger partial charge in [-0.15, -0.1) is 5.10 Å². The Labute approximate surface area is 177 Å².